The normalized spacial score (nSPS) is 13.6. The van der Waals surface area contributed by atoms with Crippen LogP contribution in [-0.2, 0) is 20.7 Å². The van der Waals surface area contributed by atoms with Crippen molar-refractivity contribution in [3.05, 3.63) is 59.5 Å². The van der Waals surface area contributed by atoms with Crippen LogP contribution < -0.4 is 9.47 Å². The van der Waals surface area contributed by atoms with E-state index in [4.69, 9.17) is 14.2 Å². The third-order valence-corrected chi connectivity index (χ3v) is 5.66. The Balaban J connectivity index is 2.01. The second-order valence-corrected chi connectivity index (χ2v) is 7.59. The van der Waals surface area contributed by atoms with Crippen LogP contribution >= 0.6 is 0 Å². The number of methoxy groups -OCH3 is 3. The molecule has 0 aliphatic carbocycles. The van der Waals surface area contributed by atoms with E-state index >= 15 is 0 Å². The first-order valence-electron chi connectivity index (χ1n) is 11.0. The number of carbonyl (C=O) groups excluding carboxylic acids is 2. The molecule has 0 radical (unpaired) electrons. The van der Waals surface area contributed by atoms with Gasteiger partial charge >= 0.3 is 0 Å². The summed E-state index contributed by atoms with van der Waals surface area (Å²) < 4.78 is 15.9. The maximum Gasteiger partial charge on any atom is 0.277 e. The molecule has 1 aliphatic rings. The number of hydrogen-bond acceptors (Lipinski definition) is 7. The van der Waals surface area contributed by atoms with Crippen LogP contribution in [-0.4, -0.2) is 74.2 Å². The van der Waals surface area contributed by atoms with Crippen molar-refractivity contribution in [1.82, 2.24) is 14.8 Å². The fourth-order valence-corrected chi connectivity index (χ4v) is 3.92. The first-order chi connectivity index (χ1) is 16.0. The van der Waals surface area contributed by atoms with Crippen molar-refractivity contribution in [3.8, 4) is 11.5 Å². The minimum absolute atomic E-state index is 0.280. The van der Waals surface area contributed by atoms with Crippen molar-refractivity contribution in [3.63, 3.8) is 0 Å². The molecular formula is C25H31N3O5. The van der Waals surface area contributed by atoms with Crippen LogP contribution in [0.25, 0.3) is 5.57 Å². The van der Waals surface area contributed by atoms with Gasteiger partial charge in [-0.3, -0.25) is 19.5 Å². The van der Waals surface area contributed by atoms with Crippen molar-refractivity contribution >= 4 is 17.4 Å². The lowest BCUT2D eigenvalue weighted by Crippen LogP contribution is -2.36. The lowest BCUT2D eigenvalue weighted by atomic mass is 10.0. The first kappa shape index (κ1) is 24.3. The molecule has 0 bridgehead atoms. The number of ether oxygens (including phenoxy) is 3. The zero-order chi connectivity index (χ0) is 23.8. The maximum absolute atomic E-state index is 13.5. The van der Waals surface area contributed by atoms with Gasteiger partial charge in [0.1, 0.15) is 5.70 Å². The molecule has 0 fully saturated rings. The SMILES string of the molecule is CCN(CCc1ccncc1)C1=C(c2ccc(OC)c(OC)c2)C(=O)N(CCCOC)C1=O. The summed E-state index contributed by atoms with van der Waals surface area (Å²) in [5, 5.41) is 0. The summed E-state index contributed by atoms with van der Waals surface area (Å²) in [5.74, 6) is 0.472. The lowest BCUT2D eigenvalue weighted by molar-refractivity contribution is -0.137. The number of aromatic nitrogens is 1. The van der Waals surface area contributed by atoms with Crippen molar-refractivity contribution in [1.29, 1.82) is 0 Å². The number of carbonyl (C=O) groups is 2. The second kappa shape index (κ2) is 11.5. The molecule has 176 valence electrons. The highest BCUT2D eigenvalue weighted by Crippen LogP contribution is 2.36. The highest BCUT2D eigenvalue weighted by atomic mass is 16.5. The number of likely N-dealkylation sites (N-methyl/N-ethyl adjacent to an activating group) is 1. The zero-order valence-electron chi connectivity index (χ0n) is 19.7. The molecule has 0 N–H and O–H groups in total. The van der Waals surface area contributed by atoms with Crippen LogP contribution in [0.15, 0.2) is 48.4 Å². The number of imide groups is 1. The molecule has 0 spiro atoms. The van der Waals surface area contributed by atoms with Gasteiger partial charge in [-0.2, -0.15) is 0 Å². The molecule has 3 rings (SSSR count). The molecule has 2 heterocycles. The topological polar surface area (TPSA) is 81.2 Å². The largest absolute Gasteiger partial charge is 0.493 e. The molecule has 2 amide bonds. The molecule has 33 heavy (non-hydrogen) atoms. The highest BCUT2D eigenvalue weighted by molar-refractivity contribution is 6.35. The van der Waals surface area contributed by atoms with E-state index in [1.54, 1.807) is 51.9 Å². The fourth-order valence-electron chi connectivity index (χ4n) is 3.92. The molecule has 2 aromatic rings. The van der Waals surface area contributed by atoms with Crippen LogP contribution in [0.4, 0.5) is 0 Å². The summed E-state index contributed by atoms with van der Waals surface area (Å²) in [6, 6.07) is 9.19. The van der Waals surface area contributed by atoms with Gasteiger partial charge in [0.05, 0.1) is 19.8 Å². The van der Waals surface area contributed by atoms with Gasteiger partial charge in [-0.1, -0.05) is 6.07 Å². The molecule has 1 aromatic heterocycles. The van der Waals surface area contributed by atoms with Gasteiger partial charge in [0.25, 0.3) is 11.8 Å². The van der Waals surface area contributed by atoms with Gasteiger partial charge in [-0.25, -0.2) is 0 Å². The number of rotatable bonds is 12. The molecule has 1 aliphatic heterocycles. The van der Waals surface area contributed by atoms with Gasteiger partial charge in [0.2, 0.25) is 0 Å². The smallest absolute Gasteiger partial charge is 0.277 e. The predicted octanol–water partition coefficient (Wildman–Crippen LogP) is 2.78. The van der Waals surface area contributed by atoms with Crippen molar-refractivity contribution < 1.29 is 23.8 Å². The van der Waals surface area contributed by atoms with E-state index in [0.29, 0.717) is 61.0 Å². The van der Waals surface area contributed by atoms with Crippen LogP contribution in [0.5, 0.6) is 11.5 Å². The summed E-state index contributed by atoms with van der Waals surface area (Å²) in [6.45, 7) is 3.93. The second-order valence-electron chi connectivity index (χ2n) is 7.59. The Morgan fingerprint density at radius 1 is 0.970 bits per heavy atom. The van der Waals surface area contributed by atoms with E-state index in [2.05, 4.69) is 4.98 Å². The van der Waals surface area contributed by atoms with E-state index in [1.807, 2.05) is 24.0 Å². The van der Waals surface area contributed by atoms with E-state index in [1.165, 1.54) is 4.90 Å². The molecule has 0 atom stereocenters. The summed E-state index contributed by atoms with van der Waals surface area (Å²) in [7, 11) is 4.70. The van der Waals surface area contributed by atoms with Crippen molar-refractivity contribution in [2.75, 3.05) is 47.6 Å². The van der Waals surface area contributed by atoms with Gasteiger partial charge in [0.15, 0.2) is 11.5 Å². The Hall–Kier alpha value is -3.39. The van der Waals surface area contributed by atoms with Crippen LogP contribution in [0.1, 0.15) is 24.5 Å². The Labute approximate surface area is 194 Å². The van der Waals surface area contributed by atoms with E-state index in [9.17, 15) is 9.59 Å². The van der Waals surface area contributed by atoms with Gasteiger partial charge in [-0.15, -0.1) is 0 Å². The molecule has 0 saturated heterocycles. The number of pyridine rings is 1. The van der Waals surface area contributed by atoms with Gasteiger partial charge < -0.3 is 19.1 Å². The van der Waals surface area contributed by atoms with E-state index in [-0.39, 0.29) is 11.8 Å². The molecule has 0 saturated carbocycles. The third-order valence-electron chi connectivity index (χ3n) is 5.66. The third kappa shape index (κ3) is 5.34. The maximum atomic E-state index is 13.5. The van der Waals surface area contributed by atoms with Gasteiger partial charge in [0, 0.05) is 45.7 Å². The predicted molar refractivity (Wildman–Crippen MR) is 125 cm³/mol. The summed E-state index contributed by atoms with van der Waals surface area (Å²) in [4.78, 5) is 34.3. The molecule has 8 nitrogen and oxygen atoms in total. The minimum Gasteiger partial charge on any atom is -0.493 e. The van der Waals surface area contributed by atoms with E-state index in [0.717, 1.165) is 12.0 Å². The summed E-state index contributed by atoms with van der Waals surface area (Å²) in [6.07, 6.45) is 4.80. The minimum atomic E-state index is -0.305. The quantitative estimate of drug-likeness (QED) is 0.361. The van der Waals surface area contributed by atoms with Crippen LogP contribution in [0.3, 0.4) is 0 Å². The Bertz CT molecular complexity index is 1010. The summed E-state index contributed by atoms with van der Waals surface area (Å²) in [5.41, 5.74) is 2.54. The van der Waals surface area contributed by atoms with Crippen molar-refractivity contribution in [2.45, 2.75) is 19.8 Å². The average molecular weight is 454 g/mol. The molecule has 0 unspecified atom stereocenters. The van der Waals surface area contributed by atoms with Crippen molar-refractivity contribution in [2.24, 2.45) is 0 Å². The standard InChI is InChI=1S/C25H31N3O5/c1-5-27(15-11-18-9-12-26-13-10-18)23-22(19-7-8-20(32-3)21(17-19)33-4)24(29)28(25(23)30)14-6-16-31-2/h7-10,12-13,17H,5-6,11,14-16H2,1-4H3. The number of nitrogens with zero attached hydrogens (tertiary/aromatic N) is 3. The number of benzene rings is 1. The summed E-state index contributed by atoms with van der Waals surface area (Å²) >= 11 is 0. The Morgan fingerprint density at radius 2 is 1.70 bits per heavy atom. The molecule has 8 heteroatoms. The van der Waals surface area contributed by atoms with E-state index < -0.39 is 0 Å². The fraction of sp³-hybridized carbons (Fsp3) is 0.400. The van der Waals surface area contributed by atoms with Gasteiger partial charge in [-0.05, 0) is 55.2 Å². The number of hydrogen-bond donors (Lipinski definition) is 0. The molecule has 1 aromatic carbocycles. The Kier molecular flexibility index (Phi) is 8.43. The Morgan fingerprint density at radius 3 is 2.33 bits per heavy atom. The van der Waals surface area contributed by atoms with Crippen LogP contribution in [0, 0.1) is 0 Å². The monoisotopic (exact) mass is 453 g/mol. The van der Waals surface area contributed by atoms with Crippen LogP contribution in [0.2, 0.25) is 0 Å². The molecular weight excluding hydrogens is 422 g/mol. The first-order valence-corrected chi connectivity index (χ1v) is 11.0. The number of amides is 2. The zero-order valence-corrected chi connectivity index (χ0v) is 19.7. The lowest BCUT2D eigenvalue weighted by Gasteiger charge is -2.25. The average Bonchev–Trinajstić information content (AvgIpc) is 3.09. The highest BCUT2D eigenvalue weighted by Gasteiger charge is 2.41.